The Morgan fingerprint density at radius 2 is 1.74 bits per heavy atom. The highest BCUT2D eigenvalue weighted by Gasteiger charge is 2.33. The van der Waals surface area contributed by atoms with Gasteiger partial charge in [-0.3, -0.25) is 9.69 Å². The van der Waals surface area contributed by atoms with E-state index in [-0.39, 0.29) is 17.1 Å². The van der Waals surface area contributed by atoms with Gasteiger partial charge >= 0.3 is 0 Å². The molecule has 0 fully saturated rings. The Balaban J connectivity index is 1.85. The molecule has 156 valence electrons. The van der Waals surface area contributed by atoms with E-state index in [0.717, 1.165) is 0 Å². The summed E-state index contributed by atoms with van der Waals surface area (Å²) in [5.41, 5.74) is 1.54. The van der Waals surface area contributed by atoms with Gasteiger partial charge in [-0.1, -0.05) is 23.7 Å². The second-order valence-electron chi connectivity index (χ2n) is 6.67. The number of aliphatic imine (C=N–C) groups is 1. The smallest absolute Gasteiger partial charge is 0.282 e. The second-order valence-corrected chi connectivity index (χ2v) is 7.11. The molecule has 0 spiro atoms. The first-order valence-corrected chi connectivity index (χ1v) is 9.77. The summed E-state index contributed by atoms with van der Waals surface area (Å²) in [7, 11) is 3.09. The summed E-state index contributed by atoms with van der Waals surface area (Å²) in [6.45, 7) is 0. The van der Waals surface area contributed by atoms with Crippen molar-refractivity contribution in [2.45, 2.75) is 0 Å². The lowest BCUT2D eigenvalue weighted by Gasteiger charge is -2.19. The first-order chi connectivity index (χ1) is 15.0. The fourth-order valence-electron chi connectivity index (χ4n) is 3.25. The number of carbonyl (C=O) groups excluding carboxylic acids is 1. The first-order valence-electron chi connectivity index (χ1n) is 9.39. The third-order valence-electron chi connectivity index (χ3n) is 4.79. The zero-order valence-electron chi connectivity index (χ0n) is 16.8. The Labute approximate surface area is 184 Å². The number of hydrogen-bond acceptors (Lipinski definition) is 4. The molecule has 1 heterocycles. The molecule has 0 saturated heterocycles. The summed E-state index contributed by atoms with van der Waals surface area (Å²) in [5, 5.41) is 0.526. The number of hydrogen-bond donors (Lipinski definition) is 0. The maximum atomic E-state index is 14.6. The monoisotopic (exact) mass is 436 g/mol. The molecule has 7 heteroatoms. The first kappa shape index (κ1) is 20.6. The van der Waals surface area contributed by atoms with Gasteiger partial charge in [-0.15, -0.1) is 0 Å². The summed E-state index contributed by atoms with van der Waals surface area (Å²) in [6, 6.07) is 18.1. The average Bonchev–Trinajstić information content (AvgIpc) is 3.10. The highest BCUT2D eigenvalue weighted by Crippen LogP contribution is 2.32. The molecule has 4 rings (SSSR count). The van der Waals surface area contributed by atoms with Crippen LogP contribution in [0, 0.1) is 5.82 Å². The Morgan fingerprint density at radius 1 is 1.00 bits per heavy atom. The molecular formula is C24H18ClFN2O3. The minimum absolute atomic E-state index is 0.150. The molecule has 31 heavy (non-hydrogen) atoms. The molecule has 0 radical (unpaired) electrons. The fourth-order valence-corrected chi connectivity index (χ4v) is 3.38. The molecule has 1 aliphatic rings. The van der Waals surface area contributed by atoms with Crippen LogP contribution in [-0.2, 0) is 4.79 Å². The van der Waals surface area contributed by atoms with Gasteiger partial charge in [0.2, 0.25) is 0 Å². The number of amides is 1. The predicted octanol–water partition coefficient (Wildman–Crippen LogP) is 5.33. The van der Waals surface area contributed by atoms with Crippen molar-refractivity contribution < 1.29 is 18.7 Å². The summed E-state index contributed by atoms with van der Waals surface area (Å²) >= 11 is 6.00. The van der Waals surface area contributed by atoms with Crippen LogP contribution in [0.5, 0.6) is 11.5 Å². The topological polar surface area (TPSA) is 51.1 Å². The molecule has 0 bridgehead atoms. The largest absolute Gasteiger partial charge is 0.497 e. The van der Waals surface area contributed by atoms with Crippen LogP contribution in [0.25, 0.3) is 6.08 Å². The minimum atomic E-state index is -0.476. The van der Waals surface area contributed by atoms with Gasteiger partial charge in [-0.2, -0.15) is 0 Å². The number of anilines is 1. The molecule has 5 nitrogen and oxygen atoms in total. The van der Waals surface area contributed by atoms with Gasteiger partial charge in [0.15, 0.2) is 5.84 Å². The summed E-state index contributed by atoms with van der Waals surface area (Å²) in [6.07, 6.45) is 1.61. The third-order valence-corrected chi connectivity index (χ3v) is 5.04. The predicted molar refractivity (Wildman–Crippen MR) is 119 cm³/mol. The lowest BCUT2D eigenvalue weighted by atomic mass is 10.1. The third kappa shape index (κ3) is 4.02. The number of methoxy groups -OCH3 is 2. The van der Waals surface area contributed by atoms with Crippen molar-refractivity contribution in [3.8, 4) is 11.5 Å². The van der Waals surface area contributed by atoms with E-state index in [1.54, 1.807) is 73.8 Å². The maximum Gasteiger partial charge on any atom is 0.282 e. The normalized spacial score (nSPS) is 14.7. The van der Waals surface area contributed by atoms with Gasteiger partial charge in [-0.05, 0) is 54.6 Å². The molecule has 0 N–H and O–H groups in total. The van der Waals surface area contributed by atoms with Gasteiger partial charge in [0.1, 0.15) is 23.0 Å². The Bertz CT molecular complexity index is 1210. The average molecular weight is 437 g/mol. The van der Waals surface area contributed by atoms with Crippen molar-refractivity contribution in [3.05, 3.63) is 94.4 Å². The van der Waals surface area contributed by atoms with Crippen LogP contribution in [-0.4, -0.2) is 26.0 Å². The molecule has 0 unspecified atom stereocenters. The highest BCUT2D eigenvalue weighted by atomic mass is 35.5. The molecular weight excluding hydrogens is 419 g/mol. The van der Waals surface area contributed by atoms with E-state index in [0.29, 0.717) is 27.8 Å². The molecule has 0 atom stereocenters. The van der Waals surface area contributed by atoms with Gasteiger partial charge in [0.05, 0.1) is 25.5 Å². The van der Waals surface area contributed by atoms with Crippen molar-refractivity contribution >= 4 is 35.1 Å². The van der Waals surface area contributed by atoms with E-state index in [1.807, 2.05) is 0 Å². The van der Waals surface area contributed by atoms with Gasteiger partial charge < -0.3 is 9.47 Å². The van der Waals surface area contributed by atoms with E-state index < -0.39 is 11.7 Å². The number of carbonyl (C=O) groups is 1. The molecule has 1 amide bonds. The van der Waals surface area contributed by atoms with Gasteiger partial charge in [0, 0.05) is 16.7 Å². The SMILES string of the molecule is COc1ccc(/C=C2/N=C(c3ccccc3F)N(c3ccc(Cl)cc3)C2=O)c(OC)c1. The summed E-state index contributed by atoms with van der Waals surface area (Å²) in [5.74, 6) is 0.473. The van der Waals surface area contributed by atoms with Crippen LogP contribution >= 0.6 is 11.6 Å². The van der Waals surface area contributed by atoms with Gasteiger partial charge in [0.25, 0.3) is 5.91 Å². The van der Waals surface area contributed by atoms with E-state index in [9.17, 15) is 9.18 Å². The number of nitrogens with zero attached hydrogens (tertiary/aromatic N) is 2. The van der Waals surface area contributed by atoms with Crippen LogP contribution in [0.1, 0.15) is 11.1 Å². The quantitative estimate of drug-likeness (QED) is 0.508. The van der Waals surface area contributed by atoms with Gasteiger partial charge in [-0.25, -0.2) is 9.38 Å². The minimum Gasteiger partial charge on any atom is -0.497 e. The van der Waals surface area contributed by atoms with E-state index >= 15 is 0 Å². The Kier molecular flexibility index (Phi) is 5.73. The van der Waals surface area contributed by atoms with Crippen molar-refractivity contribution in [1.82, 2.24) is 0 Å². The maximum absolute atomic E-state index is 14.6. The standard InChI is InChI=1S/C24H18ClFN2O3/c1-30-18-12-7-15(22(14-18)31-2)13-21-24(29)28(17-10-8-16(25)9-11-17)23(27-21)19-5-3-4-6-20(19)26/h3-14H,1-2H3/b21-13+. The fraction of sp³-hybridized carbons (Fsp3) is 0.0833. The highest BCUT2D eigenvalue weighted by molar-refractivity contribution is 6.34. The molecule has 0 saturated carbocycles. The molecule has 3 aromatic carbocycles. The second kappa shape index (κ2) is 8.62. The lowest BCUT2D eigenvalue weighted by molar-refractivity contribution is -0.113. The molecule has 0 aliphatic carbocycles. The Morgan fingerprint density at radius 3 is 2.42 bits per heavy atom. The van der Waals surface area contributed by atoms with E-state index in [1.165, 1.54) is 18.1 Å². The van der Waals surface area contributed by atoms with Crippen molar-refractivity contribution in [1.29, 1.82) is 0 Å². The number of halogens is 2. The molecule has 0 aromatic heterocycles. The zero-order valence-corrected chi connectivity index (χ0v) is 17.6. The van der Waals surface area contributed by atoms with Crippen molar-refractivity contribution in [2.24, 2.45) is 4.99 Å². The molecule has 3 aromatic rings. The molecule has 1 aliphatic heterocycles. The van der Waals surface area contributed by atoms with Crippen LogP contribution in [0.3, 0.4) is 0 Å². The number of benzene rings is 3. The van der Waals surface area contributed by atoms with Crippen LogP contribution in [0.15, 0.2) is 77.4 Å². The van der Waals surface area contributed by atoms with E-state index in [2.05, 4.69) is 4.99 Å². The Hall–Kier alpha value is -3.64. The van der Waals surface area contributed by atoms with Crippen LogP contribution in [0.2, 0.25) is 5.02 Å². The number of amidine groups is 1. The lowest BCUT2D eigenvalue weighted by Crippen LogP contribution is -2.33. The van der Waals surface area contributed by atoms with Crippen LogP contribution < -0.4 is 14.4 Å². The van der Waals surface area contributed by atoms with E-state index in [4.69, 9.17) is 21.1 Å². The van der Waals surface area contributed by atoms with Crippen LogP contribution in [0.4, 0.5) is 10.1 Å². The zero-order chi connectivity index (χ0) is 22.0. The summed E-state index contributed by atoms with van der Waals surface area (Å²) in [4.78, 5) is 19.2. The van der Waals surface area contributed by atoms with Crippen molar-refractivity contribution in [2.75, 3.05) is 19.1 Å². The number of rotatable bonds is 5. The number of ether oxygens (including phenoxy) is 2. The summed E-state index contributed by atoms with van der Waals surface area (Å²) < 4.78 is 25.2. The van der Waals surface area contributed by atoms with Crippen molar-refractivity contribution in [3.63, 3.8) is 0 Å².